The van der Waals surface area contributed by atoms with Gasteiger partial charge in [-0.3, -0.25) is 9.59 Å². The third-order valence-corrected chi connectivity index (χ3v) is 4.75. The maximum Gasteiger partial charge on any atom is 0.257 e. The quantitative estimate of drug-likeness (QED) is 0.839. The molecule has 0 N–H and O–H groups in total. The van der Waals surface area contributed by atoms with Gasteiger partial charge in [-0.05, 0) is 36.6 Å². The molecular weight excluding hydrogens is 340 g/mol. The van der Waals surface area contributed by atoms with Crippen molar-refractivity contribution in [1.82, 2.24) is 9.80 Å². The Morgan fingerprint density at radius 1 is 1.36 bits per heavy atom. The van der Waals surface area contributed by atoms with Gasteiger partial charge < -0.3 is 14.2 Å². The SMILES string of the molecule is CN(Cc1cccc(Cl)c1)C(=O)C1CCCN(C(=O)c2ccoc2)C1. The van der Waals surface area contributed by atoms with Crippen LogP contribution in [0.3, 0.4) is 0 Å². The summed E-state index contributed by atoms with van der Waals surface area (Å²) in [6.45, 7) is 1.63. The summed E-state index contributed by atoms with van der Waals surface area (Å²) in [7, 11) is 1.79. The molecule has 0 radical (unpaired) electrons. The molecule has 1 aromatic carbocycles. The van der Waals surface area contributed by atoms with Gasteiger partial charge in [0.1, 0.15) is 6.26 Å². The molecule has 0 saturated carbocycles. The Kier molecular flexibility index (Phi) is 5.43. The Hall–Kier alpha value is -2.27. The largest absolute Gasteiger partial charge is 0.472 e. The number of hydrogen-bond donors (Lipinski definition) is 0. The fourth-order valence-corrected chi connectivity index (χ4v) is 3.44. The van der Waals surface area contributed by atoms with E-state index in [0.717, 1.165) is 18.4 Å². The number of carbonyl (C=O) groups excluding carboxylic acids is 2. The number of rotatable bonds is 4. The van der Waals surface area contributed by atoms with E-state index >= 15 is 0 Å². The zero-order valence-electron chi connectivity index (χ0n) is 14.2. The van der Waals surface area contributed by atoms with Crippen molar-refractivity contribution in [1.29, 1.82) is 0 Å². The van der Waals surface area contributed by atoms with Crippen molar-refractivity contribution in [2.45, 2.75) is 19.4 Å². The summed E-state index contributed by atoms with van der Waals surface area (Å²) in [6.07, 6.45) is 4.55. The number of hydrogen-bond acceptors (Lipinski definition) is 3. The predicted octanol–water partition coefficient (Wildman–Crippen LogP) is 3.44. The van der Waals surface area contributed by atoms with Crippen LogP contribution >= 0.6 is 11.6 Å². The molecule has 0 aliphatic carbocycles. The monoisotopic (exact) mass is 360 g/mol. The van der Waals surface area contributed by atoms with E-state index in [1.807, 2.05) is 24.3 Å². The minimum atomic E-state index is -0.172. The molecule has 1 atom stereocenters. The first kappa shape index (κ1) is 17.5. The molecule has 25 heavy (non-hydrogen) atoms. The van der Waals surface area contributed by atoms with Crippen molar-refractivity contribution in [3.05, 3.63) is 59.0 Å². The second-order valence-corrected chi connectivity index (χ2v) is 6.86. The molecule has 6 heteroatoms. The molecule has 2 heterocycles. The van der Waals surface area contributed by atoms with Gasteiger partial charge in [0, 0.05) is 31.7 Å². The molecule has 3 rings (SSSR count). The lowest BCUT2D eigenvalue weighted by Crippen LogP contribution is -2.45. The van der Waals surface area contributed by atoms with Crippen LogP contribution in [-0.2, 0) is 11.3 Å². The standard InChI is InChI=1S/C19H21ClN2O3/c1-21(11-14-4-2-6-17(20)10-14)18(23)15-5-3-8-22(12-15)19(24)16-7-9-25-13-16/h2,4,6-7,9-10,13,15H,3,5,8,11-12H2,1H3. The lowest BCUT2D eigenvalue weighted by molar-refractivity contribution is -0.136. The number of furan rings is 1. The Balaban J connectivity index is 1.62. The summed E-state index contributed by atoms with van der Waals surface area (Å²) in [6, 6.07) is 9.15. The maximum atomic E-state index is 12.8. The minimum Gasteiger partial charge on any atom is -0.472 e. The smallest absolute Gasteiger partial charge is 0.257 e. The van der Waals surface area contributed by atoms with Crippen molar-refractivity contribution in [3.8, 4) is 0 Å². The van der Waals surface area contributed by atoms with E-state index in [0.29, 0.717) is 30.2 Å². The van der Waals surface area contributed by atoms with Gasteiger partial charge in [0.25, 0.3) is 5.91 Å². The third-order valence-electron chi connectivity index (χ3n) is 4.51. The van der Waals surface area contributed by atoms with E-state index in [9.17, 15) is 9.59 Å². The van der Waals surface area contributed by atoms with Crippen molar-refractivity contribution in [2.24, 2.45) is 5.92 Å². The van der Waals surface area contributed by atoms with Crippen molar-refractivity contribution >= 4 is 23.4 Å². The van der Waals surface area contributed by atoms with Crippen LogP contribution in [-0.4, -0.2) is 41.8 Å². The lowest BCUT2D eigenvalue weighted by atomic mass is 9.96. The van der Waals surface area contributed by atoms with Gasteiger partial charge in [-0.1, -0.05) is 23.7 Å². The second kappa shape index (κ2) is 7.74. The fourth-order valence-electron chi connectivity index (χ4n) is 3.23. The number of nitrogens with zero attached hydrogens (tertiary/aromatic N) is 2. The highest BCUT2D eigenvalue weighted by atomic mass is 35.5. The number of amides is 2. The van der Waals surface area contributed by atoms with E-state index in [-0.39, 0.29) is 17.7 Å². The van der Waals surface area contributed by atoms with Crippen LogP contribution in [0.4, 0.5) is 0 Å². The maximum absolute atomic E-state index is 12.8. The first-order valence-electron chi connectivity index (χ1n) is 8.35. The highest BCUT2D eigenvalue weighted by Gasteiger charge is 2.30. The molecule has 1 unspecified atom stereocenters. The summed E-state index contributed by atoms with van der Waals surface area (Å²) in [4.78, 5) is 28.7. The van der Waals surface area contributed by atoms with Crippen LogP contribution in [0, 0.1) is 5.92 Å². The van der Waals surface area contributed by atoms with Crippen molar-refractivity contribution < 1.29 is 14.0 Å². The Labute approximate surface area is 152 Å². The number of piperidine rings is 1. The number of benzene rings is 1. The highest BCUT2D eigenvalue weighted by molar-refractivity contribution is 6.30. The van der Waals surface area contributed by atoms with Crippen LogP contribution in [0.5, 0.6) is 0 Å². The van der Waals surface area contributed by atoms with Crippen LogP contribution in [0.15, 0.2) is 47.3 Å². The molecule has 0 spiro atoms. The molecule has 1 fully saturated rings. The molecule has 0 bridgehead atoms. The lowest BCUT2D eigenvalue weighted by Gasteiger charge is -2.33. The Morgan fingerprint density at radius 2 is 2.20 bits per heavy atom. The molecule has 2 aromatic rings. The van der Waals surface area contributed by atoms with Gasteiger partial charge in [0.15, 0.2) is 0 Å². The normalized spacial score (nSPS) is 17.4. The zero-order valence-corrected chi connectivity index (χ0v) is 14.9. The first-order valence-corrected chi connectivity index (χ1v) is 8.73. The topological polar surface area (TPSA) is 53.8 Å². The number of likely N-dealkylation sites (tertiary alicyclic amines) is 1. The molecule has 1 aliphatic rings. The number of carbonyl (C=O) groups is 2. The summed E-state index contributed by atoms with van der Waals surface area (Å²) >= 11 is 6.00. The van der Waals surface area contributed by atoms with Crippen molar-refractivity contribution in [3.63, 3.8) is 0 Å². The summed E-state index contributed by atoms with van der Waals surface area (Å²) in [5.74, 6) is -0.192. The average Bonchev–Trinajstić information content (AvgIpc) is 3.15. The minimum absolute atomic E-state index is 0.0599. The van der Waals surface area contributed by atoms with E-state index in [1.54, 1.807) is 22.9 Å². The molecule has 1 aromatic heterocycles. The van der Waals surface area contributed by atoms with Crippen LogP contribution < -0.4 is 0 Å². The van der Waals surface area contributed by atoms with Gasteiger partial charge in [-0.25, -0.2) is 0 Å². The second-order valence-electron chi connectivity index (χ2n) is 6.43. The molecule has 1 saturated heterocycles. The van der Waals surface area contributed by atoms with Gasteiger partial charge in [-0.2, -0.15) is 0 Å². The van der Waals surface area contributed by atoms with Crippen LogP contribution in [0.1, 0.15) is 28.8 Å². The third kappa shape index (κ3) is 4.23. The summed E-state index contributed by atoms with van der Waals surface area (Å²) < 4.78 is 4.98. The van der Waals surface area contributed by atoms with E-state index in [4.69, 9.17) is 16.0 Å². The van der Waals surface area contributed by atoms with E-state index in [2.05, 4.69) is 0 Å². The van der Waals surface area contributed by atoms with Gasteiger partial charge in [0.05, 0.1) is 17.7 Å². The molecule has 5 nitrogen and oxygen atoms in total. The van der Waals surface area contributed by atoms with Crippen molar-refractivity contribution in [2.75, 3.05) is 20.1 Å². The molecule has 132 valence electrons. The Bertz CT molecular complexity index is 745. The Morgan fingerprint density at radius 3 is 2.92 bits per heavy atom. The van der Waals surface area contributed by atoms with Gasteiger partial charge in [-0.15, -0.1) is 0 Å². The molecular formula is C19H21ClN2O3. The van der Waals surface area contributed by atoms with E-state index < -0.39 is 0 Å². The fraction of sp³-hybridized carbons (Fsp3) is 0.368. The number of halogens is 1. The average molecular weight is 361 g/mol. The van der Waals surface area contributed by atoms with Crippen LogP contribution in [0.2, 0.25) is 5.02 Å². The van der Waals surface area contributed by atoms with Gasteiger partial charge in [0.2, 0.25) is 5.91 Å². The summed E-state index contributed by atoms with van der Waals surface area (Å²) in [5.41, 5.74) is 1.52. The molecule has 2 amide bonds. The van der Waals surface area contributed by atoms with E-state index in [1.165, 1.54) is 12.5 Å². The van der Waals surface area contributed by atoms with Gasteiger partial charge >= 0.3 is 0 Å². The zero-order chi connectivity index (χ0) is 17.8. The summed E-state index contributed by atoms with van der Waals surface area (Å²) in [5, 5.41) is 0.660. The predicted molar refractivity (Wildman–Crippen MR) is 95.3 cm³/mol. The molecule has 1 aliphatic heterocycles. The first-order chi connectivity index (χ1) is 12.0. The van der Waals surface area contributed by atoms with Crippen LogP contribution in [0.25, 0.3) is 0 Å². The highest BCUT2D eigenvalue weighted by Crippen LogP contribution is 2.21.